The molecule has 0 bridgehead atoms. The number of rotatable bonds is 3. The van der Waals surface area contributed by atoms with E-state index in [1.807, 2.05) is 7.11 Å². The molecule has 0 amide bonds. The first-order valence-corrected chi connectivity index (χ1v) is 7.28. The van der Waals surface area contributed by atoms with Gasteiger partial charge in [0.2, 0.25) is 0 Å². The summed E-state index contributed by atoms with van der Waals surface area (Å²) in [6, 6.07) is 0. The van der Waals surface area contributed by atoms with Crippen LogP contribution in [0.2, 0.25) is 0 Å². The molecule has 2 rings (SSSR count). The van der Waals surface area contributed by atoms with Crippen LogP contribution in [-0.4, -0.2) is 30.2 Å². The van der Waals surface area contributed by atoms with Gasteiger partial charge in [-0.3, -0.25) is 0 Å². The molecular formula is C13H23BrO2. The molecule has 2 aliphatic carbocycles. The topological polar surface area (TPSA) is 18.5 Å². The predicted octanol–water partition coefficient (Wildman–Crippen LogP) is 3.52. The van der Waals surface area contributed by atoms with Crippen molar-refractivity contribution >= 4 is 15.9 Å². The fourth-order valence-corrected chi connectivity index (χ4v) is 3.37. The van der Waals surface area contributed by atoms with Gasteiger partial charge in [0.1, 0.15) is 0 Å². The lowest BCUT2D eigenvalue weighted by atomic mass is 9.69. The number of hydrogen-bond acceptors (Lipinski definition) is 2. The summed E-state index contributed by atoms with van der Waals surface area (Å²) in [6.07, 6.45) is 7.15. The molecule has 94 valence electrons. The van der Waals surface area contributed by atoms with Crippen molar-refractivity contribution in [2.45, 2.75) is 69.1 Å². The van der Waals surface area contributed by atoms with Crippen LogP contribution in [0.3, 0.4) is 0 Å². The van der Waals surface area contributed by atoms with Crippen molar-refractivity contribution in [2.24, 2.45) is 5.41 Å². The standard InChI is InChI=1S/C13H23BrO2/c1-13(2)11(14)8-12(13)16-10-6-4-5-9(7-10)15-3/h9-12H,4-8H2,1-3H3. The first-order valence-electron chi connectivity index (χ1n) is 6.36. The van der Waals surface area contributed by atoms with Crippen LogP contribution in [0.1, 0.15) is 46.0 Å². The molecule has 16 heavy (non-hydrogen) atoms. The Morgan fingerprint density at radius 3 is 2.38 bits per heavy atom. The van der Waals surface area contributed by atoms with Gasteiger partial charge in [0, 0.05) is 17.4 Å². The third kappa shape index (κ3) is 2.46. The molecule has 2 nitrogen and oxygen atoms in total. The van der Waals surface area contributed by atoms with E-state index >= 15 is 0 Å². The van der Waals surface area contributed by atoms with Gasteiger partial charge < -0.3 is 9.47 Å². The Morgan fingerprint density at radius 2 is 1.81 bits per heavy atom. The van der Waals surface area contributed by atoms with Crippen molar-refractivity contribution in [3.05, 3.63) is 0 Å². The van der Waals surface area contributed by atoms with Gasteiger partial charge in [-0.25, -0.2) is 0 Å². The summed E-state index contributed by atoms with van der Waals surface area (Å²) in [6.45, 7) is 4.58. The molecule has 2 fully saturated rings. The van der Waals surface area contributed by atoms with Crippen LogP contribution in [0.15, 0.2) is 0 Å². The molecule has 0 aromatic rings. The van der Waals surface area contributed by atoms with Gasteiger partial charge in [0.25, 0.3) is 0 Å². The van der Waals surface area contributed by atoms with Gasteiger partial charge in [0.05, 0.1) is 18.3 Å². The molecule has 0 heterocycles. The van der Waals surface area contributed by atoms with Gasteiger partial charge in [-0.15, -0.1) is 0 Å². The lowest BCUT2D eigenvalue weighted by Crippen LogP contribution is -2.53. The number of hydrogen-bond donors (Lipinski definition) is 0. The van der Waals surface area contributed by atoms with Crippen LogP contribution < -0.4 is 0 Å². The fourth-order valence-electron chi connectivity index (χ4n) is 2.74. The van der Waals surface area contributed by atoms with E-state index in [0.717, 1.165) is 12.8 Å². The third-order valence-corrected chi connectivity index (χ3v) is 5.88. The SMILES string of the molecule is COC1CCCC(OC2CC(Br)C2(C)C)C1. The second kappa shape index (κ2) is 4.95. The van der Waals surface area contributed by atoms with Crippen LogP contribution in [0.4, 0.5) is 0 Å². The predicted molar refractivity (Wildman–Crippen MR) is 69.0 cm³/mol. The average Bonchev–Trinajstić information content (AvgIpc) is 2.29. The number of methoxy groups -OCH3 is 1. The Balaban J connectivity index is 1.82. The Hall–Kier alpha value is 0.400. The summed E-state index contributed by atoms with van der Waals surface area (Å²) in [7, 11) is 1.81. The van der Waals surface area contributed by atoms with Crippen molar-refractivity contribution in [3.63, 3.8) is 0 Å². The van der Waals surface area contributed by atoms with Crippen molar-refractivity contribution in [1.82, 2.24) is 0 Å². The zero-order valence-electron chi connectivity index (χ0n) is 10.5. The average molecular weight is 291 g/mol. The number of alkyl halides is 1. The Labute approximate surface area is 107 Å². The Morgan fingerprint density at radius 1 is 1.12 bits per heavy atom. The van der Waals surface area contributed by atoms with Crippen LogP contribution >= 0.6 is 15.9 Å². The monoisotopic (exact) mass is 290 g/mol. The van der Waals surface area contributed by atoms with Gasteiger partial charge in [0.15, 0.2) is 0 Å². The molecule has 0 spiro atoms. The smallest absolute Gasteiger partial charge is 0.0651 e. The molecule has 4 unspecified atom stereocenters. The second-order valence-electron chi connectivity index (χ2n) is 5.80. The van der Waals surface area contributed by atoms with Crippen LogP contribution in [0.25, 0.3) is 0 Å². The molecule has 0 radical (unpaired) electrons. The number of ether oxygens (including phenoxy) is 2. The highest BCUT2D eigenvalue weighted by Crippen LogP contribution is 2.48. The van der Waals surface area contributed by atoms with Gasteiger partial charge >= 0.3 is 0 Å². The molecule has 3 heteroatoms. The van der Waals surface area contributed by atoms with Gasteiger partial charge in [-0.1, -0.05) is 29.8 Å². The van der Waals surface area contributed by atoms with Gasteiger partial charge in [-0.2, -0.15) is 0 Å². The zero-order valence-corrected chi connectivity index (χ0v) is 12.1. The molecular weight excluding hydrogens is 268 g/mol. The Bertz CT molecular complexity index is 242. The largest absolute Gasteiger partial charge is 0.381 e. The first-order chi connectivity index (χ1) is 7.54. The maximum absolute atomic E-state index is 6.24. The summed E-state index contributed by atoms with van der Waals surface area (Å²) in [5.74, 6) is 0. The van der Waals surface area contributed by atoms with E-state index in [1.54, 1.807) is 0 Å². The molecule has 2 aliphatic rings. The molecule has 0 aromatic carbocycles. The normalized spacial score (nSPS) is 42.8. The van der Waals surface area contributed by atoms with Crippen molar-refractivity contribution in [2.75, 3.05) is 7.11 Å². The fraction of sp³-hybridized carbons (Fsp3) is 1.00. The van der Waals surface area contributed by atoms with Crippen LogP contribution in [0, 0.1) is 5.41 Å². The minimum absolute atomic E-state index is 0.292. The summed E-state index contributed by atoms with van der Waals surface area (Å²) in [4.78, 5) is 0.617. The molecule has 2 saturated carbocycles. The van der Waals surface area contributed by atoms with Crippen molar-refractivity contribution < 1.29 is 9.47 Å². The lowest BCUT2D eigenvalue weighted by Gasteiger charge is -2.50. The molecule has 0 aliphatic heterocycles. The minimum Gasteiger partial charge on any atom is -0.381 e. The third-order valence-electron chi connectivity index (χ3n) is 4.33. The van der Waals surface area contributed by atoms with E-state index in [9.17, 15) is 0 Å². The Kier molecular flexibility index (Phi) is 3.97. The van der Waals surface area contributed by atoms with Crippen LogP contribution in [-0.2, 0) is 9.47 Å². The highest BCUT2D eigenvalue weighted by molar-refractivity contribution is 9.09. The molecule has 0 saturated heterocycles. The summed E-state index contributed by atoms with van der Waals surface area (Å²) >= 11 is 3.71. The highest BCUT2D eigenvalue weighted by atomic mass is 79.9. The second-order valence-corrected chi connectivity index (χ2v) is 6.90. The quantitative estimate of drug-likeness (QED) is 0.741. The van der Waals surface area contributed by atoms with Crippen molar-refractivity contribution in [3.8, 4) is 0 Å². The van der Waals surface area contributed by atoms with E-state index in [2.05, 4.69) is 29.8 Å². The number of halogens is 1. The first kappa shape index (κ1) is 12.8. The lowest BCUT2D eigenvalue weighted by molar-refractivity contribution is -0.141. The van der Waals surface area contributed by atoms with Gasteiger partial charge in [-0.05, 0) is 32.1 Å². The molecule has 4 atom stereocenters. The van der Waals surface area contributed by atoms with Crippen molar-refractivity contribution in [1.29, 1.82) is 0 Å². The molecule has 0 N–H and O–H groups in total. The zero-order chi connectivity index (χ0) is 11.8. The maximum atomic E-state index is 6.24. The maximum Gasteiger partial charge on any atom is 0.0651 e. The summed E-state index contributed by atoms with van der Waals surface area (Å²) in [5.41, 5.74) is 0.292. The summed E-state index contributed by atoms with van der Waals surface area (Å²) < 4.78 is 11.7. The van der Waals surface area contributed by atoms with E-state index in [-0.39, 0.29) is 0 Å². The highest BCUT2D eigenvalue weighted by Gasteiger charge is 2.48. The minimum atomic E-state index is 0.292. The molecule has 0 aromatic heterocycles. The van der Waals surface area contributed by atoms with E-state index < -0.39 is 0 Å². The summed E-state index contributed by atoms with van der Waals surface area (Å²) in [5, 5.41) is 0. The van der Waals surface area contributed by atoms with Crippen LogP contribution in [0.5, 0.6) is 0 Å². The van der Waals surface area contributed by atoms with E-state index in [1.165, 1.54) is 19.3 Å². The van der Waals surface area contributed by atoms with E-state index in [4.69, 9.17) is 9.47 Å². The van der Waals surface area contributed by atoms with E-state index in [0.29, 0.717) is 28.6 Å².